The molecule has 0 amide bonds. The lowest BCUT2D eigenvalue weighted by Gasteiger charge is -2.03. The summed E-state index contributed by atoms with van der Waals surface area (Å²) in [6.45, 7) is 2.93. The number of halogens is 1. The van der Waals surface area contributed by atoms with Crippen LogP contribution in [0.3, 0.4) is 0 Å². The van der Waals surface area contributed by atoms with E-state index in [-0.39, 0.29) is 0 Å². The molecule has 0 radical (unpaired) electrons. The zero-order valence-electron chi connectivity index (χ0n) is 9.81. The second-order valence-corrected chi connectivity index (χ2v) is 4.93. The molecule has 3 rings (SSSR count). The standard InChI is InChI=1S/C12H12BrN5/c1-2-18-10-4-3-7(13)5-8(10)15-12(18)9-6-11(14)17-16-9/h3-6H,2H2,1H3,(H3,14,16,17). The van der Waals surface area contributed by atoms with E-state index >= 15 is 0 Å². The van der Waals surface area contributed by atoms with E-state index in [1.807, 2.05) is 12.1 Å². The number of hydrogen-bond donors (Lipinski definition) is 2. The summed E-state index contributed by atoms with van der Waals surface area (Å²) in [6, 6.07) is 7.87. The minimum Gasteiger partial charge on any atom is -0.382 e. The Morgan fingerprint density at radius 3 is 2.89 bits per heavy atom. The molecule has 18 heavy (non-hydrogen) atoms. The molecule has 0 spiro atoms. The molecule has 3 N–H and O–H groups in total. The van der Waals surface area contributed by atoms with Gasteiger partial charge in [0.15, 0.2) is 5.82 Å². The minimum atomic E-state index is 0.473. The number of nitrogens with one attached hydrogen (secondary N) is 1. The van der Waals surface area contributed by atoms with Gasteiger partial charge in [-0.25, -0.2) is 4.98 Å². The second-order valence-electron chi connectivity index (χ2n) is 4.02. The highest BCUT2D eigenvalue weighted by Gasteiger charge is 2.13. The average Bonchev–Trinajstić information content (AvgIpc) is 2.91. The van der Waals surface area contributed by atoms with E-state index in [4.69, 9.17) is 5.73 Å². The van der Waals surface area contributed by atoms with Crippen LogP contribution < -0.4 is 5.73 Å². The molecular formula is C12H12BrN5. The molecule has 0 saturated carbocycles. The summed E-state index contributed by atoms with van der Waals surface area (Å²) in [5.41, 5.74) is 8.53. The van der Waals surface area contributed by atoms with Crippen molar-refractivity contribution in [3.63, 3.8) is 0 Å². The number of aromatic amines is 1. The van der Waals surface area contributed by atoms with Gasteiger partial charge in [-0.15, -0.1) is 0 Å². The number of nitrogens with two attached hydrogens (primary N) is 1. The van der Waals surface area contributed by atoms with Crippen molar-refractivity contribution >= 4 is 32.8 Å². The maximum atomic E-state index is 5.64. The van der Waals surface area contributed by atoms with Crippen molar-refractivity contribution < 1.29 is 0 Å². The van der Waals surface area contributed by atoms with E-state index < -0.39 is 0 Å². The molecule has 2 aromatic heterocycles. The summed E-state index contributed by atoms with van der Waals surface area (Å²) in [7, 11) is 0. The summed E-state index contributed by atoms with van der Waals surface area (Å²) >= 11 is 3.46. The fourth-order valence-corrected chi connectivity index (χ4v) is 2.43. The van der Waals surface area contributed by atoms with Crippen molar-refractivity contribution in [3.05, 3.63) is 28.7 Å². The third kappa shape index (κ3) is 1.69. The quantitative estimate of drug-likeness (QED) is 0.764. The lowest BCUT2D eigenvalue weighted by atomic mass is 10.3. The highest BCUT2D eigenvalue weighted by Crippen LogP contribution is 2.26. The molecular weight excluding hydrogens is 294 g/mol. The Balaban J connectivity index is 2.28. The summed E-state index contributed by atoms with van der Waals surface area (Å²) < 4.78 is 3.15. The molecule has 0 bridgehead atoms. The number of H-pyrrole nitrogens is 1. The van der Waals surface area contributed by atoms with E-state index in [0.29, 0.717) is 5.82 Å². The number of anilines is 1. The van der Waals surface area contributed by atoms with Crippen LogP contribution in [-0.4, -0.2) is 19.7 Å². The van der Waals surface area contributed by atoms with E-state index in [1.165, 1.54) is 0 Å². The second kappa shape index (κ2) is 4.13. The monoisotopic (exact) mass is 305 g/mol. The van der Waals surface area contributed by atoms with Gasteiger partial charge in [0.1, 0.15) is 11.5 Å². The van der Waals surface area contributed by atoms with Crippen molar-refractivity contribution in [3.8, 4) is 11.5 Å². The van der Waals surface area contributed by atoms with Gasteiger partial charge in [-0.2, -0.15) is 5.10 Å². The number of benzene rings is 1. The normalized spacial score (nSPS) is 11.2. The summed E-state index contributed by atoms with van der Waals surface area (Å²) in [6.07, 6.45) is 0. The van der Waals surface area contributed by atoms with Crippen molar-refractivity contribution in [2.45, 2.75) is 13.5 Å². The van der Waals surface area contributed by atoms with Crippen molar-refractivity contribution in [1.29, 1.82) is 0 Å². The third-order valence-electron chi connectivity index (χ3n) is 2.87. The van der Waals surface area contributed by atoms with Crippen LogP contribution in [0.15, 0.2) is 28.7 Å². The van der Waals surface area contributed by atoms with Crippen LogP contribution in [0.4, 0.5) is 5.82 Å². The number of aryl methyl sites for hydroxylation is 1. The lowest BCUT2D eigenvalue weighted by Crippen LogP contribution is -1.97. The molecule has 92 valence electrons. The van der Waals surface area contributed by atoms with Gasteiger partial charge in [-0.05, 0) is 25.1 Å². The van der Waals surface area contributed by atoms with Crippen LogP contribution in [0.2, 0.25) is 0 Å². The number of aromatic nitrogens is 4. The first kappa shape index (κ1) is 11.3. The van der Waals surface area contributed by atoms with Crippen LogP contribution in [0, 0.1) is 0 Å². The summed E-state index contributed by atoms with van der Waals surface area (Å²) in [5.74, 6) is 1.33. The molecule has 0 aliphatic heterocycles. The van der Waals surface area contributed by atoms with E-state index in [9.17, 15) is 0 Å². The van der Waals surface area contributed by atoms with Crippen LogP contribution in [0.5, 0.6) is 0 Å². The van der Waals surface area contributed by atoms with E-state index in [2.05, 4.69) is 48.7 Å². The highest BCUT2D eigenvalue weighted by molar-refractivity contribution is 9.10. The maximum Gasteiger partial charge on any atom is 0.159 e. The Morgan fingerprint density at radius 2 is 2.22 bits per heavy atom. The van der Waals surface area contributed by atoms with Crippen LogP contribution in [0.25, 0.3) is 22.6 Å². The van der Waals surface area contributed by atoms with Crippen LogP contribution >= 0.6 is 15.9 Å². The Bertz CT molecular complexity index is 712. The Morgan fingerprint density at radius 1 is 1.39 bits per heavy atom. The van der Waals surface area contributed by atoms with Gasteiger partial charge in [0.25, 0.3) is 0 Å². The fourth-order valence-electron chi connectivity index (χ4n) is 2.08. The average molecular weight is 306 g/mol. The van der Waals surface area contributed by atoms with E-state index in [0.717, 1.165) is 33.6 Å². The topological polar surface area (TPSA) is 72.5 Å². The van der Waals surface area contributed by atoms with E-state index in [1.54, 1.807) is 6.07 Å². The molecule has 3 aromatic rings. The zero-order valence-corrected chi connectivity index (χ0v) is 11.4. The number of rotatable bonds is 2. The highest BCUT2D eigenvalue weighted by atomic mass is 79.9. The molecule has 1 aromatic carbocycles. The number of fused-ring (bicyclic) bond motifs is 1. The van der Waals surface area contributed by atoms with Gasteiger partial charge in [-0.3, -0.25) is 5.10 Å². The molecule has 0 aliphatic rings. The van der Waals surface area contributed by atoms with Gasteiger partial charge < -0.3 is 10.3 Å². The SMILES string of the molecule is CCn1c(-c2cc(N)n[nH]2)nc2cc(Br)ccc21. The van der Waals surface area contributed by atoms with Crippen LogP contribution in [-0.2, 0) is 6.54 Å². The maximum absolute atomic E-state index is 5.64. The van der Waals surface area contributed by atoms with Crippen molar-refractivity contribution in [1.82, 2.24) is 19.7 Å². The lowest BCUT2D eigenvalue weighted by molar-refractivity contribution is 0.792. The first-order valence-corrected chi connectivity index (χ1v) is 6.45. The molecule has 0 atom stereocenters. The Kier molecular flexibility index (Phi) is 2.59. The Labute approximate surface area is 112 Å². The van der Waals surface area contributed by atoms with Gasteiger partial charge in [0, 0.05) is 17.1 Å². The predicted octanol–water partition coefficient (Wildman–Crippen LogP) is 2.79. The molecule has 6 heteroatoms. The first-order valence-electron chi connectivity index (χ1n) is 5.66. The van der Waals surface area contributed by atoms with Gasteiger partial charge in [-0.1, -0.05) is 15.9 Å². The fraction of sp³-hybridized carbons (Fsp3) is 0.167. The first-order chi connectivity index (χ1) is 8.69. The molecule has 0 fully saturated rings. The van der Waals surface area contributed by atoms with Crippen molar-refractivity contribution in [2.75, 3.05) is 5.73 Å². The van der Waals surface area contributed by atoms with Gasteiger partial charge in [0.2, 0.25) is 0 Å². The molecule has 5 nitrogen and oxygen atoms in total. The van der Waals surface area contributed by atoms with Gasteiger partial charge >= 0.3 is 0 Å². The molecule has 0 saturated heterocycles. The minimum absolute atomic E-state index is 0.473. The summed E-state index contributed by atoms with van der Waals surface area (Å²) in [5, 5.41) is 6.85. The molecule has 0 unspecified atom stereocenters. The Hall–Kier alpha value is -1.82. The number of imidazole rings is 1. The number of hydrogen-bond acceptors (Lipinski definition) is 3. The third-order valence-corrected chi connectivity index (χ3v) is 3.36. The molecule has 2 heterocycles. The summed E-state index contributed by atoms with van der Waals surface area (Å²) in [4.78, 5) is 4.63. The van der Waals surface area contributed by atoms with Crippen molar-refractivity contribution in [2.24, 2.45) is 0 Å². The number of nitrogen functional groups attached to an aromatic ring is 1. The number of nitrogens with zero attached hydrogens (tertiary/aromatic N) is 3. The van der Waals surface area contributed by atoms with Crippen LogP contribution in [0.1, 0.15) is 6.92 Å². The smallest absolute Gasteiger partial charge is 0.159 e. The molecule has 0 aliphatic carbocycles. The zero-order chi connectivity index (χ0) is 12.7. The van der Waals surface area contributed by atoms with Gasteiger partial charge in [0.05, 0.1) is 11.0 Å². The largest absolute Gasteiger partial charge is 0.382 e. The predicted molar refractivity (Wildman–Crippen MR) is 75.1 cm³/mol.